The molecule has 0 saturated heterocycles. The lowest BCUT2D eigenvalue weighted by molar-refractivity contribution is -0.123. The van der Waals surface area contributed by atoms with Crippen molar-refractivity contribution in [3.63, 3.8) is 0 Å². The van der Waals surface area contributed by atoms with Gasteiger partial charge < -0.3 is 14.8 Å². The maximum atomic E-state index is 12.1. The van der Waals surface area contributed by atoms with Gasteiger partial charge in [0.1, 0.15) is 6.33 Å². The first-order chi connectivity index (χ1) is 12.7. The molecular weight excluding hydrogens is 354 g/mol. The van der Waals surface area contributed by atoms with Gasteiger partial charge in [0.15, 0.2) is 18.1 Å². The summed E-state index contributed by atoms with van der Waals surface area (Å²) >= 11 is 5.85. The smallest absolute Gasteiger partial charge is 0.258 e. The molecule has 26 heavy (non-hydrogen) atoms. The fourth-order valence-electron chi connectivity index (χ4n) is 2.37. The van der Waals surface area contributed by atoms with Crippen molar-refractivity contribution in [1.29, 1.82) is 0 Å². The normalized spacial score (nSPS) is 10.5. The van der Waals surface area contributed by atoms with Gasteiger partial charge in [-0.1, -0.05) is 23.7 Å². The van der Waals surface area contributed by atoms with Crippen LogP contribution in [0.25, 0.3) is 10.9 Å². The number of aromatic nitrogens is 2. The van der Waals surface area contributed by atoms with E-state index in [-0.39, 0.29) is 12.5 Å². The van der Waals surface area contributed by atoms with E-state index in [0.29, 0.717) is 29.7 Å². The van der Waals surface area contributed by atoms with Gasteiger partial charge in [-0.3, -0.25) is 4.79 Å². The lowest BCUT2D eigenvalue weighted by Crippen LogP contribution is -2.28. The van der Waals surface area contributed by atoms with E-state index in [1.807, 2.05) is 19.1 Å². The van der Waals surface area contributed by atoms with Crippen LogP contribution in [-0.4, -0.2) is 29.1 Å². The quantitative estimate of drug-likeness (QED) is 0.689. The van der Waals surface area contributed by atoms with Gasteiger partial charge in [0.05, 0.1) is 12.1 Å². The molecule has 0 aliphatic rings. The van der Waals surface area contributed by atoms with E-state index in [0.717, 1.165) is 16.5 Å². The van der Waals surface area contributed by atoms with Crippen molar-refractivity contribution in [3.8, 4) is 11.5 Å². The Bertz CT molecular complexity index is 900. The second kappa shape index (κ2) is 8.49. The van der Waals surface area contributed by atoms with Crippen LogP contribution in [0, 0.1) is 0 Å². The van der Waals surface area contributed by atoms with Crippen LogP contribution in [0.4, 0.5) is 0 Å². The lowest BCUT2D eigenvalue weighted by atomic mass is 10.2. The summed E-state index contributed by atoms with van der Waals surface area (Å²) in [5, 5.41) is 4.31. The van der Waals surface area contributed by atoms with Crippen LogP contribution in [-0.2, 0) is 11.3 Å². The largest absolute Gasteiger partial charge is 0.490 e. The molecular formula is C19H18ClN3O3. The van der Waals surface area contributed by atoms with Crippen molar-refractivity contribution in [1.82, 2.24) is 15.3 Å². The van der Waals surface area contributed by atoms with Crippen LogP contribution in [0.15, 0.2) is 48.9 Å². The number of carbonyl (C=O) groups is 1. The van der Waals surface area contributed by atoms with Crippen LogP contribution >= 0.6 is 11.6 Å². The van der Waals surface area contributed by atoms with Crippen molar-refractivity contribution in [2.75, 3.05) is 13.2 Å². The number of nitrogens with zero attached hydrogens (tertiary/aromatic N) is 2. The summed E-state index contributed by atoms with van der Waals surface area (Å²) in [6, 6.07) is 10.8. The molecule has 1 aromatic heterocycles. The number of halogens is 1. The van der Waals surface area contributed by atoms with Gasteiger partial charge in [-0.05, 0) is 30.7 Å². The van der Waals surface area contributed by atoms with Gasteiger partial charge in [0.25, 0.3) is 5.91 Å². The first-order valence-corrected chi connectivity index (χ1v) is 8.54. The molecule has 0 unspecified atom stereocenters. The number of benzene rings is 2. The second-order valence-electron chi connectivity index (χ2n) is 5.51. The van der Waals surface area contributed by atoms with Gasteiger partial charge in [0.2, 0.25) is 0 Å². The first-order valence-electron chi connectivity index (χ1n) is 8.16. The fraction of sp³-hybridized carbons (Fsp3) is 0.211. The van der Waals surface area contributed by atoms with Crippen LogP contribution < -0.4 is 14.8 Å². The molecule has 0 atom stereocenters. The predicted octanol–water partition coefficient (Wildman–Crippen LogP) is 3.38. The van der Waals surface area contributed by atoms with Crippen LogP contribution in [0.3, 0.4) is 0 Å². The highest BCUT2D eigenvalue weighted by Crippen LogP contribution is 2.31. The number of rotatable bonds is 7. The topological polar surface area (TPSA) is 73.3 Å². The second-order valence-corrected chi connectivity index (χ2v) is 5.94. The minimum absolute atomic E-state index is 0.121. The monoisotopic (exact) mass is 371 g/mol. The number of carbonyl (C=O) groups excluding carboxylic acids is 1. The molecule has 6 nitrogen and oxygen atoms in total. The van der Waals surface area contributed by atoms with Crippen molar-refractivity contribution < 1.29 is 14.3 Å². The molecule has 0 saturated carbocycles. The van der Waals surface area contributed by atoms with Crippen molar-refractivity contribution in [3.05, 3.63) is 59.5 Å². The summed E-state index contributed by atoms with van der Waals surface area (Å²) in [5.74, 6) is 0.796. The number of nitrogens with one attached hydrogen (secondary N) is 1. The molecule has 0 bridgehead atoms. The zero-order valence-electron chi connectivity index (χ0n) is 14.2. The number of hydrogen-bond donors (Lipinski definition) is 1. The Labute approximate surface area is 156 Å². The molecule has 134 valence electrons. The Kier molecular flexibility index (Phi) is 5.86. The average molecular weight is 372 g/mol. The molecule has 0 fully saturated rings. The summed E-state index contributed by atoms with van der Waals surface area (Å²) in [5.41, 5.74) is 1.68. The Morgan fingerprint density at radius 3 is 2.69 bits per heavy atom. The maximum absolute atomic E-state index is 12.1. The highest BCUT2D eigenvalue weighted by molar-refractivity contribution is 6.30. The molecule has 1 heterocycles. The summed E-state index contributed by atoms with van der Waals surface area (Å²) in [7, 11) is 0. The van der Waals surface area contributed by atoms with Gasteiger partial charge >= 0.3 is 0 Å². The van der Waals surface area contributed by atoms with E-state index in [1.54, 1.807) is 30.5 Å². The average Bonchev–Trinajstić information content (AvgIpc) is 2.66. The molecule has 3 rings (SSSR count). The highest BCUT2D eigenvalue weighted by atomic mass is 35.5. The predicted molar refractivity (Wildman–Crippen MR) is 99.5 cm³/mol. The third kappa shape index (κ3) is 4.61. The Balaban J connectivity index is 1.63. The van der Waals surface area contributed by atoms with Crippen LogP contribution in [0.5, 0.6) is 11.5 Å². The van der Waals surface area contributed by atoms with Crippen LogP contribution in [0.2, 0.25) is 5.02 Å². The van der Waals surface area contributed by atoms with Gasteiger partial charge in [-0.2, -0.15) is 0 Å². The molecule has 1 N–H and O–H groups in total. The molecule has 0 spiro atoms. The molecule has 0 aliphatic carbocycles. The van der Waals surface area contributed by atoms with E-state index in [1.165, 1.54) is 6.33 Å². The van der Waals surface area contributed by atoms with Gasteiger partial charge in [-0.15, -0.1) is 0 Å². The maximum Gasteiger partial charge on any atom is 0.258 e. The summed E-state index contributed by atoms with van der Waals surface area (Å²) in [6.45, 7) is 2.65. The standard InChI is InChI=1S/C19H18ClN3O3/c1-2-25-17-7-14-10-21-12-23-16(14)8-18(17)26-11-19(24)22-9-13-3-5-15(20)6-4-13/h3-8,10,12H,2,9,11H2,1H3,(H,22,24). The Hall–Kier alpha value is -2.86. The third-order valence-electron chi connectivity index (χ3n) is 3.63. The molecule has 2 aromatic carbocycles. The minimum Gasteiger partial charge on any atom is -0.490 e. The van der Waals surface area contributed by atoms with E-state index < -0.39 is 0 Å². The highest BCUT2D eigenvalue weighted by Gasteiger charge is 2.11. The van der Waals surface area contributed by atoms with E-state index in [4.69, 9.17) is 21.1 Å². The minimum atomic E-state index is -0.231. The van der Waals surface area contributed by atoms with E-state index >= 15 is 0 Å². The van der Waals surface area contributed by atoms with E-state index in [9.17, 15) is 4.79 Å². The molecule has 1 amide bonds. The number of fused-ring (bicyclic) bond motifs is 1. The van der Waals surface area contributed by atoms with Gasteiger partial charge in [0, 0.05) is 29.2 Å². The van der Waals surface area contributed by atoms with Gasteiger partial charge in [-0.25, -0.2) is 9.97 Å². The summed E-state index contributed by atoms with van der Waals surface area (Å²) in [4.78, 5) is 20.3. The van der Waals surface area contributed by atoms with E-state index in [2.05, 4.69) is 15.3 Å². The molecule has 3 aromatic rings. The SMILES string of the molecule is CCOc1cc2cncnc2cc1OCC(=O)NCc1ccc(Cl)cc1. The summed E-state index contributed by atoms with van der Waals surface area (Å²) in [6.07, 6.45) is 3.17. The van der Waals surface area contributed by atoms with Crippen molar-refractivity contribution in [2.24, 2.45) is 0 Å². The zero-order valence-corrected chi connectivity index (χ0v) is 15.0. The molecule has 0 radical (unpaired) electrons. The fourth-order valence-corrected chi connectivity index (χ4v) is 2.49. The number of hydrogen-bond acceptors (Lipinski definition) is 5. The zero-order chi connectivity index (χ0) is 18.4. The molecule has 7 heteroatoms. The van der Waals surface area contributed by atoms with Crippen molar-refractivity contribution in [2.45, 2.75) is 13.5 Å². The Morgan fingerprint density at radius 2 is 1.92 bits per heavy atom. The lowest BCUT2D eigenvalue weighted by Gasteiger charge is -2.13. The molecule has 0 aliphatic heterocycles. The van der Waals surface area contributed by atoms with Crippen molar-refractivity contribution >= 4 is 28.4 Å². The number of ether oxygens (including phenoxy) is 2. The summed E-state index contributed by atoms with van der Waals surface area (Å²) < 4.78 is 11.2. The number of amides is 1. The third-order valence-corrected chi connectivity index (χ3v) is 3.88. The van der Waals surface area contributed by atoms with Crippen LogP contribution in [0.1, 0.15) is 12.5 Å². The Morgan fingerprint density at radius 1 is 1.15 bits per heavy atom. The first kappa shape index (κ1) is 17.9.